The number of nitrogens with zero attached hydrogens (tertiary/aromatic N) is 4. The van der Waals surface area contributed by atoms with E-state index in [1.54, 1.807) is 0 Å². The van der Waals surface area contributed by atoms with Crippen molar-refractivity contribution in [2.75, 3.05) is 33.2 Å². The summed E-state index contributed by atoms with van der Waals surface area (Å²) in [5.41, 5.74) is 7.51. The molecule has 118 valence electrons. The Morgan fingerprint density at radius 3 is 2.86 bits per heavy atom. The molecule has 1 aromatic rings. The lowest BCUT2D eigenvalue weighted by atomic mass is 10.1. The molecule has 21 heavy (non-hydrogen) atoms. The fraction of sp³-hybridized carbons (Fsp3) is 0.812. The van der Waals surface area contributed by atoms with Crippen LogP contribution in [0.4, 0.5) is 0 Å². The molecule has 1 aromatic heterocycles. The van der Waals surface area contributed by atoms with E-state index in [9.17, 15) is 0 Å². The van der Waals surface area contributed by atoms with Gasteiger partial charge in [0.1, 0.15) is 0 Å². The summed E-state index contributed by atoms with van der Waals surface area (Å²) in [5.74, 6) is 0. The van der Waals surface area contributed by atoms with E-state index in [1.807, 2.05) is 12.5 Å². The average Bonchev–Trinajstić information content (AvgIpc) is 3.25. The first kappa shape index (κ1) is 15.0. The van der Waals surface area contributed by atoms with Gasteiger partial charge in [-0.3, -0.25) is 4.90 Å². The SMILES string of the molecule is CCC1CN(C)CCCN1C(CN)c1cncn1C1CC1. The third kappa shape index (κ3) is 3.15. The van der Waals surface area contributed by atoms with Crippen molar-refractivity contribution in [3.8, 4) is 0 Å². The third-order valence-corrected chi connectivity index (χ3v) is 5.02. The zero-order chi connectivity index (χ0) is 14.8. The van der Waals surface area contributed by atoms with Crippen LogP contribution in [-0.2, 0) is 0 Å². The Morgan fingerprint density at radius 2 is 2.19 bits per heavy atom. The Kier molecular flexibility index (Phi) is 4.62. The van der Waals surface area contributed by atoms with Crippen molar-refractivity contribution in [3.05, 3.63) is 18.2 Å². The standard InChI is InChI=1S/C16H29N5/c1-3-13-11-19(2)7-4-8-20(13)15(9-17)16-10-18-12-21(16)14-5-6-14/h10,12-15H,3-9,11,17H2,1-2H3. The predicted octanol–water partition coefficient (Wildman–Crippen LogP) is 1.63. The molecule has 0 aromatic carbocycles. The van der Waals surface area contributed by atoms with Crippen LogP contribution in [0.3, 0.4) is 0 Å². The Balaban J connectivity index is 1.84. The van der Waals surface area contributed by atoms with Crippen LogP contribution in [-0.4, -0.2) is 58.6 Å². The van der Waals surface area contributed by atoms with Crippen LogP contribution in [0.5, 0.6) is 0 Å². The molecule has 1 saturated heterocycles. The molecular formula is C16H29N5. The number of hydrogen-bond donors (Lipinski definition) is 1. The molecule has 1 aliphatic carbocycles. The lowest BCUT2D eigenvalue weighted by Gasteiger charge is -2.36. The quantitative estimate of drug-likeness (QED) is 0.896. The lowest BCUT2D eigenvalue weighted by Crippen LogP contribution is -2.44. The fourth-order valence-corrected chi connectivity index (χ4v) is 3.69. The van der Waals surface area contributed by atoms with Gasteiger partial charge in [-0.2, -0.15) is 0 Å². The highest BCUT2D eigenvalue weighted by Gasteiger charge is 2.33. The minimum atomic E-state index is 0.310. The molecule has 2 fully saturated rings. The summed E-state index contributed by atoms with van der Waals surface area (Å²) in [6.07, 6.45) is 9.03. The summed E-state index contributed by atoms with van der Waals surface area (Å²) in [6.45, 7) is 6.44. The van der Waals surface area contributed by atoms with Gasteiger partial charge in [0.15, 0.2) is 0 Å². The zero-order valence-corrected chi connectivity index (χ0v) is 13.4. The molecule has 0 radical (unpaired) electrons. The maximum Gasteiger partial charge on any atom is 0.0951 e. The summed E-state index contributed by atoms with van der Waals surface area (Å²) in [7, 11) is 2.23. The van der Waals surface area contributed by atoms with Gasteiger partial charge in [0, 0.05) is 37.9 Å². The fourth-order valence-electron chi connectivity index (χ4n) is 3.69. The van der Waals surface area contributed by atoms with Crippen LogP contribution in [0, 0.1) is 0 Å². The van der Waals surface area contributed by atoms with Crippen molar-refractivity contribution in [2.24, 2.45) is 5.73 Å². The van der Waals surface area contributed by atoms with Gasteiger partial charge >= 0.3 is 0 Å². The van der Waals surface area contributed by atoms with Crippen molar-refractivity contribution in [1.82, 2.24) is 19.4 Å². The first-order chi connectivity index (χ1) is 10.2. The maximum atomic E-state index is 6.19. The molecule has 5 heteroatoms. The van der Waals surface area contributed by atoms with Crippen LogP contribution >= 0.6 is 0 Å². The molecule has 0 amide bonds. The van der Waals surface area contributed by atoms with E-state index in [2.05, 4.69) is 33.3 Å². The van der Waals surface area contributed by atoms with Gasteiger partial charge in [-0.05, 0) is 39.3 Å². The molecule has 0 spiro atoms. The minimum Gasteiger partial charge on any atom is -0.330 e. The molecule has 2 atom stereocenters. The van der Waals surface area contributed by atoms with Crippen LogP contribution in [0.15, 0.2) is 12.5 Å². The van der Waals surface area contributed by atoms with Gasteiger partial charge in [-0.1, -0.05) is 6.92 Å². The summed E-state index contributed by atoms with van der Waals surface area (Å²) in [4.78, 5) is 9.50. The van der Waals surface area contributed by atoms with Crippen molar-refractivity contribution in [3.63, 3.8) is 0 Å². The van der Waals surface area contributed by atoms with Crippen molar-refractivity contribution in [2.45, 2.75) is 50.7 Å². The van der Waals surface area contributed by atoms with E-state index < -0.39 is 0 Å². The lowest BCUT2D eigenvalue weighted by molar-refractivity contribution is 0.126. The number of likely N-dealkylation sites (N-methyl/N-ethyl adjacent to an activating group) is 1. The Labute approximate surface area is 128 Å². The molecule has 2 unspecified atom stereocenters. The average molecular weight is 291 g/mol. The van der Waals surface area contributed by atoms with Gasteiger partial charge in [0.05, 0.1) is 18.1 Å². The second kappa shape index (κ2) is 6.46. The summed E-state index contributed by atoms with van der Waals surface area (Å²) in [6, 6.07) is 1.57. The van der Waals surface area contributed by atoms with Crippen LogP contribution < -0.4 is 5.73 Å². The van der Waals surface area contributed by atoms with Crippen molar-refractivity contribution >= 4 is 0 Å². The summed E-state index contributed by atoms with van der Waals surface area (Å²) < 4.78 is 2.37. The van der Waals surface area contributed by atoms with Gasteiger partial charge in [-0.25, -0.2) is 4.98 Å². The van der Waals surface area contributed by atoms with E-state index >= 15 is 0 Å². The predicted molar refractivity (Wildman–Crippen MR) is 85.2 cm³/mol. The van der Waals surface area contributed by atoms with Crippen molar-refractivity contribution < 1.29 is 0 Å². The number of aromatic nitrogens is 2. The molecule has 2 aliphatic rings. The normalized spacial score (nSPS) is 26.7. The van der Waals surface area contributed by atoms with E-state index in [0.717, 1.165) is 13.1 Å². The Morgan fingerprint density at radius 1 is 1.38 bits per heavy atom. The number of imidazole rings is 1. The van der Waals surface area contributed by atoms with E-state index in [4.69, 9.17) is 5.73 Å². The van der Waals surface area contributed by atoms with E-state index in [0.29, 0.717) is 24.7 Å². The van der Waals surface area contributed by atoms with Crippen molar-refractivity contribution in [1.29, 1.82) is 0 Å². The Hall–Kier alpha value is -0.910. The van der Waals surface area contributed by atoms with Crippen LogP contribution in [0.2, 0.25) is 0 Å². The summed E-state index contributed by atoms with van der Waals surface area (Å²) in [5, 5.41) is 0. The van der Waals surface area contributed by atoms with Gasteiger partial charge in [0.25, 0.3) is 0 Å². The summed E-state index contributed by atoms with van der Waals surface area (Å²) >= 11 is 0. The van der Waals surface area contributed by atoms with E-state index in [1.165, 1.54) is 37.9 Å². The molecule has 0 bridgehead atoms. The zero-order valence-electron chi connectivity index (χ0n) is 13.4. The Bertz CT molecular complexity index is 453. The van der Waals surface area contributed by atoms with Crippen LogP contribution in [0.25, 0.3) is 0 Å². The second-order valence-corrected chi connectivity index (χ2v) is 6.62. The first-order valence-corrected chi connectivity index (χ1v) is 8.40. The number of nitrogens with two attached hydrogens (primary N) is 1. The molecule has 2 N–H and O–H groups in total. The van der Waals surface area contributed by atoms with Gasteiger partial charge in [-0.15, -0.1) is 0 Å². The first-order valence-electron chi connectivity index (χ1n) is 8.40. The number of hydrogen-bond acceptors (Lipinski definition) is 4. The largest absolute Gasteiger partial charge is 0.330 e. The molecule has 3 rings (SSSR count). The maximum absolute atomic E-state index is 6.19. The molecule has 1 aliphatic heterocycles. The molecule has 1 saturated carbocycles. The van der Waals surface area contributed by atoms with Gasteiger partial charge in [0.2, 0.25) is 0 Å². The highest BCUT2D eigenvalue weighted by atomic mass is 15.3. The highest BCUT2D eigenvalue weighted by Crippen LogP contribution is 2.38. The third-order valence-electron chi connectivity index (χ3n) is 5.02. The smallest absolute Gasteiger partial charge is 0.0951 e. The topological polar surface area (TPSA) is 50.3 Å². The monoisotopic (exact) mass is 291 g/mol. The van der Waals surface area contributed by atoms with Crippen LogP contribution in [0.1, 0.15) is 50.4 Å². The minimum absolute atomic E-state index is 0.310. The van der Waals surface area contributed by atoms with E-state index in [-0.39, 0.29) is 0 Å². The van der Waals surface area contributed by atoms with Gasteiger partial charge < -0.3 is 15.2 Å². The molecule has 5 nitrogen and oxygen atoms in total. The highest BCUT2D eigenvalue weighted by molar-refractivity contribution is 5.11. The number of rotatable bonds is 5. The second-order valence-electron chi connectivity index (χ2n) is 6.62. The molecule has 2 heterocycles. The molecular weight excluding hydrogens is 262 g/mol.